The molecule has 0 spiro atoms. The number of nitrogens with one attached hydrogen (secondary N) is 2. The van der Waals surface area contributed by atoms with Gasteiger partial charge in [0.1, 0.15) is 5.56 Å². The Balaban J connectivity index is 1.42. The number of nitrogens with zero attached hydrogens (tertiary/aromatic N) is 5. The summed E-state index contributed by atoms with van der Waals surface area (Å²) in [5.41, 5.74) is -0.540. The standard InChI is InChI=1S/C30H22F3N7O2/c1-2-39-17-24(26(38-39)29(42)35-19-11-4-3-5-12-19)37-28(41)22-16-34-40-25(30(31,32)33)15-23(36-27(22)40)21-14-8-10-18-9-6-7-13-20(18)21/h3-17H,2H2,1H3,(H,35,42)(H,37,41). The lowest BCUT2D eigenvalue weighted by molar-refractivity contribution is -0.142. The number of carbonyl (C=O) groups is 2. The molecule has 0 aliphatic carbocycles. The van der Waals surface area contributed by atoms with Crippen LogP contribution in [0.25, 0.3) is 27.7 Å². The number of alkyl halides is 3. The van der Waals surface area contributed by atoms with Gasteiger partial charge in [-0.25, -0.2) is 9.50 Å². The molecule has 0 unspecified atom stereocenters. The van der Waals surface area contributed by atoms with Crippen molar-refractivity contribution in [2.24, 2.45) is 0 Å². The van der Waals surface area contributed by atoms with Gasteiger partial charge in [0.2, 0.25) is 0 Å². The summed E-state index contributed by atoms with van der Waals surface area (Å²) in [4.78, 5) is 31.0. The summed E-state index contributed by atoms with van der Waals surface area (Å²) in [5.74, 6) is -1.37. The van der Waals surface area contributed by atoms with Crippen LogP contribution >= 0.6 is 0 Å². The maximum atomic E-state index is 14.2. The molecule has 0 fully saturated rings. The number of carbonyl (C=O) groups excluding carboxylic acids is 2. The second-order valence-electron chi connectivity index (χ2n) is 9.37. The molecular formula is C30H22F3N7O2. The number of anilines is 2. The lowest BCUT2D eigenvalue weighted by Gasteiger charge is -2.13. The Morgan fingerprint density at radius 2 is 1.64 bits per heavy atom. The molecule has 2 N–H and O–H groups in total. The number of aryl methyl sites for hydroxylation is 1. The van der Waals surface area contributed by atoms with Gasteiger partial charge in [-0.2, -0.15) is 23.4 Å². The van der Waals surface area contributed by atoms with Gasteiger partial charge in [0.05, 0.1) is 17.6 Å². The monoisotopic (exact) mass is 569 g/mol. The van der Waals surface area contributed by atoms with Crippen molar-refractivity contribution in [3.05, 3.63) is 108 Å². The van der Waals surface area contributed by atoms with Crippen molar-refractivity contribution in [1.29, 1.82) is 0 Å². The van der Waals surface area contributed by atoms with Crippen molar-refractivity contribution in [2.45, 2.75) is 19.6 Å². The highest BCUT2D eigenvalue weighted by Gasteiger charge is 2.36. The zero-order chi connectivity index (χ0) is 29.4. The van der Waals surface area contributed by atoms with E-state index in [1.807, 2.05) is 18.2 Å². The predicted octanol–water partition coefficient (Wildman–Crippen LogP) is 6.29. The molecule has 3 aromatic heterocycles. The molecule has 0 saturated heterocycles. The number of fused-ring (bicyclic) bond motifs is 2. The fourth-order valence-corrected chi connectivity index (χ4v) is 4.66. The van der Waals surface area contributed by atoms with Crippen molar-refractivity contribution in [3.8, 4) is 11.3 Å². The topological polar surface area (TPSA) is 106 Å². The number of amides is 2. The van der Waals surface area contributed by atoms with E-state index in [1.165, 1.54) is 10.9 Å². The van der Waals surface area contributed by atoms with Crippen LogP contribution in [0.4, 0.5) is 24.5 Å². The van der Waals surface area contributed by atoms with Gasteiger partial charge in [-0.1, -0.05) is 60.7 Å². The van der Waals surface area contributed by atoms with Crippen molar-refractivity contribution >= 4 is 39.6 Å². The molecule has 0 aliphatic rings. The number of para-hydroxylation sites is 1. The Hall–Kier alpha value is -5.52. The van der Waals surface area contributed by atoms with Gasteiger partial charge in [-0.3, -0.25) is 14.3 Å². The highest BCUT2D eigenvalue weighted by Crippen LogP contribution is 2.35. The van der Waals surface area contributed by atoms with E-state index in [1.54, 1.807) is 61.5 Å². The van der Waals surface area contributed by atoms with Crippen LogP contribution in [0.2, 0.25) is 0 Å². The molecule has 2 amide bonds. The summed E-state index contributed by atoms with van der Waals surface area (Å²) < 4.78 is 44.7. The number of aromatic nitrogens is 5. The third-order valence-corrected chi connectivity index (χ3v) is 6.65. The predicted molar refractivity (Wildman–Crippen MR) is 151 cm³/mol. The average molecular weight is 570 g/mol. The van der Waals surface area contributed by atoms with Crippen LogP contribution in [0.3, 0.4) is 0 Å². The minimum absolute atomic E-state index is 0.0305. The van der Waals surface area contributed by atoms with E-state index in [0.717, 1.165) is 17.6 Å². The summed E-state index contributed by atoms with van der Waals surface area (Å²) in [6, 6.07) is 22.1. The highest BCUT2D eigenvalue weighted by molar-refractivity contribution is 6.13. The third kappa shape index (κ3) is 4.94. The van der Waals surface area contributed by atoms with E-state index < -0.39 is 23.7 Å². The van der Waals surface area contributed by atoms with E-state index in [4.69, 9.17) is 0 Å². The van der Waals surface area contributed by atoms with Crippen molar-refractivity contribution in [1.82, 2.24) is 24.4 Å². The van der Waals surface area contributed by atoms with Gasteiger partial charge in [-0.05, 0) is 35.9 Å². The van der Waals surface area contributed by atoms with E-state index in [0.29, 0.717) is 27.7 Å². The van der Waals surface area contributed by atoms with E-state index in [2.05, 4.69) is 25.8 Å². The SMILES string of the molecule is CCn1cc(NC(=O)c2cnn3c(C(F)(F)F)cc(-c4cccc5ccccc45)nc23)c(C(=O)Nc2ccccc2)n1. The molecule has 6 aromatic rings. The number of hydrogen-bond donors (Lipinski definition) is 2. The third-order valence-electron chi connectivity index (χ3n) is 6.65. The Morgan fingerprint density at radius 3 is 2.40 bits per heavy atom. The molecule has 9 nitrogen and oxygen atoms in total. The fraction of sp³-hybridized carbons (Fsp3) is 0.100. The van der Waals surface area contributed by atoms with Crippen molar-refractivity contribution in [3.63, 3.8) is 0 Å². The minimum Gasteiger partial charge on any atom is -0.321 e. The second-order valence-corrected chi connectivity index (χ2v) is 9.37. The summed E-state index contributed by atoms with van der Waals surface area (Å²) in [7, 11) is 0. The maximum absolute atomic E-state index is 14.2. The maximum Gasteiger partial charge on any atom is 0.433 e. The summed E-state index contributed by atoms with van der Waals surface area (Å²) in [5, 5.41) is 15.0. The quantitative estimate of drug-likeness (QED) is 0.245. The molecule has 6 rings (SSSR count). The van der Waals surface area contributed by atoms with E-state index in [-0.39, 0.29) is 28.3 Å². The van der Waals surface area contributed by atoms with Crippen LogP contribution in [-0.4, -0.2) is 36.2 Å². The van der Waals surface area contributed by atoms with Crippen LogP contribution in [0.5, 0.6) is 0 Å². The van der Waals surface area contributed by atoms with Gasteiger partial charge in [0.25, 0.3) is 11.8 Å². The molecule has 42 heavy (non-hydrogen) atoms. The van der Waals surface area contributed by atoms with Gasteiger partial charge < -0.3 is 10.6 Å². The summed E-state index contributed by atoms with van der Waals surface area (Å²) >= 11 is 0. The second kappa shape index (κ2) is 10.5. The molecular weight excluding hydrogens is 547 g/mol. The molecule has 12 heteroatoms. The molecule has 3 aromatic carbocycles. The van der Waals surface area contributed by atoms with Gasteiger partial charge in [-0.15, -0.1) is 0 Å². The molecule has 0 atom stereocenters. The summed E-state index contributed by atoms with van der Waals surface area (Å²) in [6.45, 7) is 2.21. The Morgan fingerprint density at radius 1 is 0.905 bits per heavy atom. The zero-order valence-corrected chi connectivity index (χ0v) is 22.1. The highest BCUT2D eigenvalue weighted by atomic mass is 19.4. The molecule has 0 aliphatic heterocycles. The first-order valence-electron chi connectivity index (χ1n) is 12.9. The van der Waals surface area contributed by atoms with Crippen LogP contribution in [-0.2, 0) is 12.7 Å². The number of hydrogen-bond acceptors (Lipinski definition) is 5. The molecule has 0 radical (unpaired) electrons. The molecule has 3 heterocycles. The minimum atomic E-state index is -4.79. The normalized spacial score (nSPS) is 11.6. The Kier molecular flexibility index (Phi) is 6.65. The molecule has 210 valence electrons. The van der Waals surface area contributed by atoms with Crippen LogP contribution in [0.1, 0.15) is 33.5 Å². The molecule has 0 saturated carbocycles. The lowest BCUT2D eigenvalue weighted by Crippen LogP contribution is -2.18. The van der Waals surface area contributed by atoms with Crippen LogP contribution in [0.15, 0.2) is 91.3 Å². The van der Waals surface area contributed by atoms with Gasteiger partial charge in [0, 0.05) is 24.0 Å². The van der Waals surface area contributed by atoms with Crippen molar-refractivity contribution in [2.75, 3.05) is 10.6 Å². The van der Waals surface area contributed by atoms with E-state index in [9.17, 15) is 22.8 Å². The first kappa shape index (κ1) is 26.7. The van der Waals surface area contributed by atoms with Crippen LogP contribution < -0.4 is 10.6 Å². The van der Waals surface area contributed by atoms with Crippen molar-refractivity contribution < 1.29 is 22.8 Å². The number of halogens is 3. The average Bonchev–Trinajstić information content (AvgIpc) is 3.60. The Bertz CT molecular complexity index is 1960. The molecule has 0 bridgehead atoms. The fourth-order valence-electron chi connectivity index (χ4n) is 4.66. The number of benzene rings is 3. The van der Waals surface area contributed by atoms with E-state index >= 15 is 0 Å². The zero-order valence-electron chi connectivity index (χ0n) is 22.1. The number of rotatable bonds is 6. The largest absolute Gasteiger partial charge is 0.433 e. The smallest absolute Gasteiger partial charge is 0.321 e. The summed E-state index contributed by atoms with van der Waals surface area (Å²) in [6.07, 6.45) is -2.29. The van der Waals surface area contributed by atoms with Gasteiger partial charge >= 0.3 is 6.18 Å². The Labute approximate surface area is 236 Å². The van der Waals surface area contributed by atoms with Crippen LogP contribution in [0, 0.1) is 0 Å². The first-order valence-corrected chi connectivity index (χ1v) is 12.9. The first-order chi connectivity index (χ1) is 20.2. The lowest BCUT2D eigenvalue weighted by atomic mass is 10.0. The van der Waals surface area contributed by atoms with Gasteiger partial charge in [0.15, 0.2) is 17.0 Å².